The topological polar surface area (TPSA) is 54.9 Å². The monoisotopic (exact) mass is 373 g/mol. The lowest BCUT2D eigenvalue weighted by molar-refractivity contribution is -0.120. The van der Waals surface area contributed by atoms with Crippen LogP contribution in [0.3, 0.4) is 0 Å². The van der Waals surface area contributed by atoms with Crippen LogP contribution < -0.4 is 5.32 Å². The zero-order valence-electron chi connectivity index (χ0n) is 13.5. The lowest BCUT2D eigenvalue weighted by Gasteiger charge is -2.15. The van der Waals surface area contributed by atoms with Crippen molar-refractivity contribution in [3.63, 3.8) is 0 Å². The second kappa shape index (κ2) is 8.22. The van der Waals surface area contributed by atoms with E-state index in [1.807, 2.05) is 37.3 Å². The molecule has 0 fully saturated rings. The number of aromatic nitrogens is 2. The summed E-state index contributed by atoms with van der Waals surface area (Å²) in [7, 11) is 0. The molecule has 0 unspecified atom stereocenters. The van der Waals surface area contributed by atoms with Crippen LogP contribution in [0.25, 0.3) is 0 Å². The van der Waals surface area contributed by atoms with Gasteiger partial charge in [0.25, 0.3) is 0 Å². The predicted molar refractivity (Wildman–Crippen MR) is 97.9 cm³/mol. The molecule has 4 nitrogen and oxygen atoms in total. The van der Waals surface area contributed by atoms with Crippen molar-refractivity contribution in [2.45, 2.75) is 23.1 Å². The van der Waals surface area contributed by atoms with Gasteiger partial charge in [0.05, 0.1) is 0 Å². The molecule has 1 amide bonds. The summed E-state index contributed by atoms with van der Waals surface area (Å²) in [5.41, 5.74) is 1.75. The first-order chi connectivity index (χ1) is 12.1. The Labute approximate surface area is 153 Å². The second-order valence-corrected chi connectivity index (χ2v) is 7.87. The minimum Gasteiger partial charge on any atom is -0.351 e. The van der Waals surface area contributed by atoms with E-state index in [1.165, 1.54) is 35.2 Å². The molecule has 0 aliphatic heterocycles. The molecule has 7 heteroatoms. The van der Waals surface area contributed by atoms with Gasteiger partial charge in [-0.3, -0.25) is 4.79 Å². The first-order valence-corrected chi connectivity index (χ1v) is 9.35. The van der Waals surface area contributed by atoms with Crippen molar-refractivity contribution in [2.24, 2.45) is 0 Å². The molecule has 1 N–H and O–H groups in total. The molecular formula is C18H16FN3OS2. The van der Waals surface area contributed by atoms with Gasteiger partial charge < -0.3 is 5.32 Å². The van der Waals surface area contributed by atoms with E-state index in [4.69, 9.17) is 0 Å². The van der Waals surface area contributed by atoms with Crippen molar-refractivity contribution in [1.82, 2.24) is 15.5 Å². The van der Waals surface area contributed by atoms with Crippen LogP contribution in [0.4, 0.5) is 4.39 Å². The molecule has 0 aliphatic carbocycles. The highest BCUT2D eigenvalue weighted by atomic mass is 32.2. The summed E-state index contributed by atoms with van der Waals surface area (Å²) in [6, 6.07) is 15.7. The van der Waals surface area contributed by atoms with Crippen LogP contribution in [-0.2, 0) is 11.3 Å². The molecule has 0 spiro atoms. The van der Waals surface area contributed by atoms with Gasteiger partial charge in [0.2, 0.25) is 5.91 Å². The van der Waals surface area contributed by atoms with Crippen molar-refractivity contribution in [2.75, 3.05) is 0 Å². The number of hydrogen-bond donors (Lipinski definition) is 1. The summed E-state index contributed by atoms with van der Waals surface area (Å²) >= 11 is 2.84. The van der Waals surface area contributed by atoms with Gasteiger partial charge in [-0.25, -0.2) is 4.39 Å². The third-order valence-corrected chi connectivity index (χ3v) is 5.62. The number of benzene rings is 2. The van der Waals surface area contributed by atoms with Gasteiger partial charge >= 0.3 is 0 Å². The number of aryl methyl sites for hydroxylation is 1. The Kier molecular flexibility index (Phi) is 5.78. The van der Waals surface area contributed by atoms with Gasteiger partial charge in [-0.15, -0.1) is 10.2 Å². The number of amides is 1. The van der Waals surface area contributed by atoms with Crippen LogP contribution >= 0.6 is 23.1 Å². The normalized spacial score (nSPS) is 11.9. The summed E-state index contributed by atoms with van der Waals surface area (Å²) in [5.74, 6) is -0.409. The Bertz CT molecular complexity index is 837. The largest absolute Gasteiger partial charge is 0.351 e. The van der Waals surface area contributed by atoms with Crippen molar-refractivity contribution >= 4 is 29.0 Å². The van der Waals surface area contributed by atoms with E-state index in [0.717, 1.165) is 20.5 Å². The van der Waals surface area contributed by atoms with Gasteiger partial charge in [-0.2, -0.15) is 0 Å². The minimum atomic E-state index is -0.422. The van der Waals surface area contributed by atoms with E-state index in [2.05, 4.69) is 15.5 Å². The molecule has 1 atom stereocenters. The third kappa shape index (κ3) is 4.87. The quantitative estimate of drug-likeness (QED) is 0.660. The average molecular weight is 373 g/mol. The zero-order valence-corrected chi connectivity index (χ0v) is 15.1. The number of nitrogens with one attached hydrogen (secondary N) is 1. The molecule has 3 rings (SSSR count). The standard InChI is InChI=1S/C18H16FN3OS2/c1-12-21-22-18(24-12)25-16(14-5-3-2-4-6-14)17(23)20-11-13-7-9-15(19)10-8-13/h2-10,16H,11H2,1H3,(H,20,23)/t16-/m1/s1. The highest BCUT2D eigenvalue weighted by molar-refractivity contribution is 8.01. The van der Waals surface area contributed by atoms with E-state index >= 15 is 0 Å². The van der Waals surface area contributed by atoms with Crippen LogP contribution in [0, 0.1) is 12.7 Å². The SMILES string of the molecule is Cc1nnc(S[C@@H](C(=O)NCc2ccc(F)cc2)c2ccccc2)s1. The van der Waals surface area contributed by atoms with Crippen molar-refractivity contribution < 1.29 is 9.18 Å². The summed E-state index contributed by atoms with van der Waals surface area (Å²) < 4.78 is 13.7. The van der Waals surface area contributed by atoms with E-state index in [-0.39, 0.29) is 11.7 Å². The lowest BCUT2D eigenvalue weighted by atomic mass is 10.1. The number of carbonyl (C=O) groups excluding carboxylic acids is 1. The summed E-state index contributed by atoms with van der Waals surface area (Å²) in [6.45, 7) is 2.23. The second-order valence-electron chi connectivity index (χ2n) is 5.34. The molecule has 2 aromatic carbocycles. The predicted octanol–water partition coefficient (Wildman–Crippen LogP) is 4.14. The van der Waals surface area contributed by atoms with E-state index in [9.17, 15) is 9.18 Å². The fourth-order valence-electron chi connectivity index (χ4n) is 2.21. The van der Waals surface area contributed by atoms with E-state index < -0.39 is 5.25 Å². The Morgan fingerprint density at radius 1 is 1.16 bits per heavy atom. The van der Waals surface area contributed by atoms with Crippen LogP contribution in [0.15, 0.2) is 58.9 Å². The van der Waals surface area contributed by atoms with Crippen LogP contribution in [-0.4, -0.2) is 16.1 Å². The summed E-state index contributed by atoms with van der Waals surface area (Å²) in [6.07, 6.45) is 0. The number of carbonyl (C=O) groups is 1. The number of nitrogens with zero attached hydrogens (tertiary/aromatic N) is 2. The number of rotatable bonds is 6. The number of hydrogen-bond acceptors (Lipinski definition) is 5. The highest BCUT2D eigenvalue weighted by Gasteiger charge is 2.23. The fraction of sp³-hybridized carbons (Fsp3) is 0.167. The Hall–Kier alpha value is -2.25. The molecular weight excluding hydrogens is 357 g/mol. The summed E-state index contributed by atoms with van der Waals surface area (Å²) in [5, 5.41) is 11.5. The maximum absolute atomic E-state index is 13.0. The first kappa shape index (κ1) is 17.6. The third-order valence-electron chi connectivity index (χ3n) is 3.45. The number of thioether (sulfide) groups is 1. The number of halogens is 1. The molecule has 0 saturated carbocycles. The Morgan fingerprint density at radius 2 is 1.88 bits per heavy atom. The van der Waals surface area contributed by atoms with Crippen molar-refractivity contribution in [3.05, 3.63) is 76.5 Å². The van der Waals surface area contributed by atoms with Gasteiger partial charge in [0, 0.05) is 6.54 Å². The van der Waals surface area contributed by atoms with E-state index in [1.54, 1.807) is 12.1 Å². The smallest absolute Gasteiger partial charge is 0.238 e. The van der Waals surface area contributed by atoms with Crippen LogP contribution in [0.5, 0.6) is 0 Å². The molecule has 0 bridgehead atoms. The molecule has 1 heterocycles. The maximum Gasteiger partial charge on any atom is 0.238 e. The van der Waals surface area contributed by atoms with E-state index in [0.29, 0.717) is 6.54 Å². The zero-order chi connectivity index (χ0) is 17.6. The fourth-order valence-corrected chi connectivity index (χ4v) is 4.24. The Balaban J connectivity index is 1.73. The van der Waals surface area contributed by atoms with Gasteiger partial charge in [-0.1, -0.05) is 65.6 Å². The molecule has 0 aliphatic rings. The van der Waals surface area contributed by atoms with Crippen LogP contribution in [0.2, 0.25) is 0 Å². The van der Waals surface area contributed by atoms with Gasteiger partial charge in [-0.05, 0) is 30.2 Å². The Morgan fingerprint density at radius 3 is 2.52 bits per heavy atom. The van der Waals surface area contributed by atoms with Gasteiger partial charge in [0.1, 0.15) is 16.1 Å². The maximum atomic E-state index is 13.0. The van der Waals surface area contributed by atoms with Gasteiger partial charge in [0.15, 0.2) is 4.34 Å². The molecule has 0 radical (unpaired) electrons. The van der Waals surface area contributed by atoms with Crippen molar-refractivity contribution in [3.8, 4) is 0 Å². The molecule has 0 saturated heterocycles. The average Bonchev–Trinajstić information content (AvgIpc) is 3.05. The summed E-state index contributed by atoms with van der Waals surface area (Å²) in [4.78, 5) is 12.7. The van der Waals surface area contributed by atoms with Crippen molar-refractivity contribution in [1.29, 1.82) is 0 Å². The molecule has 25 heavy (non-hydrogen) atoms. The highest BCUT2D eigenvalue weighted by Crippen LogP contribution is 2.36. The first-order valence-electron chi connectivity index (χ1n) is 7.65. The minimum absolute atomic E-state index is 0.117. The molecule has 1 aromatic heterocycles. The molecule has 3 aromatic rings. The van der Waals surface area contributed by atoms with Crippen LogP contribution in [0.1, 0.15) is 21.4 Å². The molecule has 128 valence electrons. The lowest BCUT2D eigenvalue weighted by Crippen LogP contribution is -2.27.